The molecule has 0 aromatic carbocycles. The first kappa shape index (κ1) is 11.4. The Kier molecular flexibility index (Phi) is 3.65. The molecule has 0 radical (unpaired) electrons. The number of hydrogen-bond acceptors (Lipinski definition) is 2. The molecule has 15 heavy (non-hydrogen) atoms. The summed E-state index contributed by atoms with van der Waals surface area (Å²) in [7, 11) is 0. The Hall–Kier alpha value is -0.120. The molecule has 2 rings (SSSR count). The molecule has 1 aromatic rings. The lowest BCUT2D eigenvalue weighted by Gasteiger charge is -2.22. The fraction of sp³-hybridized carbons (Fsp3) is 0.500. The van der Waals surface area contributed by atoms with Gasteiger partial charge in [0.25, 0.3) is 0 Å². The van der Waals surface area contributed by atoms with Gasteiger partial charge >= 0.3 is 0 Å². The van der Waals surface area contributed by atoms with Crippen LogP contribution in [-0.2, 0) is 0 Å². The molecule has 1 nitrogen and oxygen atoms in total. The zero-order valence-electron chi connectivity index (χ0n) is 9.00. The van der Waals surface area contributed by atoms with Gasteiger partial charge in [-0.05, 0) is 38.4 Å². The van der Waals surface area contributed by atoms with Crippen molar-refractivity contribution in [2.24, 2.45) is 0 Å². The van der Waals surface area contributed by atoms with Crippen LogP contribution in [0.5, 0.6) is 0 Å². The lowest BCUT2D eigenvalue weighted by atomic mass is 10.2. The standard InChI is InChI=1S/C12H16BrNS/c1-9(13)8-14-7-3-4-11(14)12-6-5-10(2)15-12/h5-6,11H,1,3-4,7-8H2,2H3. The molecular formula is C12H16BrNS. The van der Waals surface area contributed by atoms with E-state index >= 15 is 0 Å². The van der Waals surface area contributed by atoms with E-state index in [1.54, 1.807) is 0 Å². The molecule has 0 bridgehead atoms. The van der Waals surface area contributed by atoms with Crippen LogP contribution in [-0.4, -0.2) is 18.0 Å². The zero-order valence-corrected chi connectivity index (χ0v) is 11.4. The van der Waals surface area contributed by atoms with Crippen molar-refractivity contribution >= 4 is 27.3 Å². The van der Waals surface area contributed by atoms with Gasteiger partial charge in [-0.1, -0.05) is 22.5 Å². The first-order valence-corrected chi connectivity index (χ1v) is 6.91. The first-order chi connectivity index (χ1) is 7.16. The highest BCUT2D eigenvalue weighted by Gasteiger charge is 2.26. The second kappa shape index (κ2) is 4.81. The molecule has 2 heterocycles. The molecule has 1 unspecified atom stereocenters. The maximum Gasteiger partial charge on any atom is 0.0445 e. The van der Waals surface area contributed by atoms with Gasteiger partial charge in [0.15, 0.2) is 0 Å². The van der Waals surface area contributed by atoms with E-state index in [1.807, 2.05) is 11.3 Å². The Balaban J connectivity index is 2.10. The van der Waals surface area contributed by atoms with Crippen LogP contribution in [0.1, 0.15) is 28.6 Å². The summed E-state index contributed by atoms with van der Waals surface area (Å²) in [5.74, 6) is 0. The number of likely N-dealkylation sites (tertiary alicyclic amines) is 1. The fourth-order valence-electron chi connectivity index (χ4n) is 2.19. The Morgan fingerprint density at radius 1 is 1.67 bits per heavy atom. The molecule has 0 saturated carbocycles. The highest BCUT2D eigenvalue weighted by Crippen LogP contribution is 2.36. The summed E-state index contributed by atoms with van der Waals surface area (Å²) in [6.45, 7) is 8.28. The Labute approximate surface area is 104 Å². The summed E-state index contributed by atoms with van der Waals surface area (Å²) >= 11 is 5.39. The number of thiophene rings is 1. The van der Waals surface area contributed by atoms with E-state index in [-0.39, 0.29) is 0 Å². The molecule has 1 fully saturated rings. The van der Waals surface area contributed by atoms with Gasteiger partial charge in [-0.25, -0.2) is 0 Å². The SMILES string of the molecule is C=C(Br)CN1CCCC1c1ccc(C)s1. The van der Waals surface area contributed by atoms with Gasteiger partial charge in [-0.15, -0.1) is 11.3 Å². The second-order valence-electron chi connectivity index (χ2n) is 4.09. The summed E-state index contributed by atoms with van der Waals surface area (Å²) in [6.07, 6.45) is 2.60. The van der Waals surface area contributed by atoms with E-state index in [4.69, 9.17) is 0 Å². The molecule has 1 aromatic heterocycles. The van der Waals surface area contributed by atoms with Crippen LogP contribution < -0.4 is 0 Å². The minimum Gasteiger partial charge on any atom is -0.291 e. The third kappa shape index (κ3) is 2.71. The van der Waals surface area contributed by atoms with Crippen LogP contribution in [0.4, 0.5) is 0 Å². The van der Waals surface area contributed by atoms with Crippen molar-refractivity contribution in [3.05, 3.63) is 32.9 Å². The van der Waals surface area contributed by atoms with Gasteiger partial charge in [0, 0.05) is 26.8 Å². The maximum atomic E-state index is 3.93. The summed E-state index contributed by atoms with van der Waals surface area (Å²) in [4.78, 5) is 5.44. The smallest absolute Gasteiger partial charge is 0.0445 e. The van der Waals surface area contributed by atoms with Crippen LogP contribution in [0.15, 0.2) is 23.2 Å². The number of hydrogen-bond donors (Lipinski definition) is 0. The molecule has 1 saturated heterocycles. The number of halogens is 1. The summed E-state index contributed by atoms with van der Waals surface area (Å²) < 4.78 is 1.09. The van der Waals surface area contributed by atoms with Crippen molar-refractivity contribution in [1.82, 2.24) is 4.90 Å². The molecule has 1 aliphatic rings. The van der Waals surface area contributed by atoms with Crippen LogP contribution in [0, 0.1) is 6.92 Å². The third-order valence-corrected chi connectivity index (χ3v) is 4.18. The normalized spacial score (nSPS) is 22.1. The number of aryl methyl sites for hydroxylation is 1. The van der Waals surface area contributed by atoms with Gasteiger partial charge in [-0.2, -0.15) is 0 Å². The van der Waals surface area contributed by atoms with Crippen LogP contribution in [0.3, 0.4) is 0 Å². The Bertz CT molecular complexity index is 358. The van der Waals surface area contributed by atoms with Crippen molar-refractivity contribution in [1.29, 1.82) is 0 Å². The van der Waals surface area contributed by atoms with Crippen LogP contribution in [0.2, 0.25) is 0 Å². The fourth-order valence-corrected chi connectivity index (χ4v) is 3.56. The molecule has 0 amide bonds. The minimum atomic E-state index is 0.623. The maximum absolute atomic E-state index is 3.93. The third-order valence-electron chi connectivity index (χ3n) is 2.83. The van der Waals surface area contributed by atoms with E-state index in [9.17, 15) is 0 Å². The van der Waals surface area contributed by atoms with Gasteiger partial charge in [0.1, 0.15) is 0 Å². The van der Waals surface area contributed by atoms with Gasteiger partial charge in [0.2, 0.25) is 0 Å². The zero-order chi connectivity index (χ0) is 10.8. The Morgan fingerprint density at radius 2 is 2.47 bits per heavy atom. The van der Waals surface area contributed by atoms with E-state index in [0.29, 0.717) is 6.04 Å². The molecule has 3 heteroatoms. The molecular weight excluding hydrogens is 270 g/mol. The predicted octanol–water partition coefficient (Wildman–Crippen LogP) is 4.10. The van der Waals surface area contributed by atoms with E-state index in [0.717, 1.165) is 11.0 Å². The quantitative estimate of drug-likeness (QED) is 0.808. The van der Waals surface area contributed by atoms with Crippen molar-refractivity contribution in [3.8, 4) is 0 Å². The van der Waals surface area contributed by atoms with E-state index in [1.165, 1.54) is 29.1 Å². The summed E-state index contributed by atoms with van der Waals surface area (Å²) in [5.41, 5.74) is 0. The number of nitrogens with zero attached hydrogens (tertiary/aromatic N) is 1. The topological polar surface area (TPSA) is 3.24 Å². The minimum absolute atomic E-state index is 0.623. The van der Waals surface area contributed by atoms with Crippen molar-refractivity contribution < 1.29 is 0 Å². The van der Waals surface area contributed by atoms with E-state index < -0.39 is 0 Å². The van der Waals surface area contributed by atoms with E-state index in [2.05, 4.69) is 46.5 Å². The predicted molar refractivity (Wildman–Crippen MR) is 70.7 cm³/mol. The first-order valence-electron chi connectivity index (χ1n) is 5.30. The highest BCUT2D eigenvalue weighted by atomic mass is 79.9. The van der Waals surface area contributed by atoms with Gasteiger partial charge in [0.05, 0.1) is 0 Å². The average Bonchev–Trinajstić information content (AvgIpc) is 2.72. The Morgan fingerprint density at radius 3 is 3.07 bits per heavy atom. The van der Waals surface area contributed by atoms with Gasteiger partial charge in [-0.3, -0.25) is 4.90 Å². The largest absolute Gasteiger partial charge is 0.291 e. The molecule has 1 atom stereocenters. The second-order valence-corrected chi connectivity index (χ2v) is 6.54. The van der Waals surface area contributed by atoms with Crippen molar-refractivity contribution in [2.45, 2.75) is 25.8 Å². The monoisotopic (exact) mass is 285 g/mol. The van der Waals surface area contributed by atoms with Crippen LogP contribution >= 0.6 is 27.3 Å². The lowest BCUT2D eigenvalue weighted by molar-refractivity contribution is 0.288. The lowest BCUT2D eigenvalue weighted by Crippen LogP contribution is -2.23. The molecule has 0 N–H and O–H groups in total. The average molecular weight is 286 g/mol. The molecule has 82 valence electrons. The molecule has 0 spiro atoms. The molecule has 0 aliphatic carbocycles. The number of rotatable bonds is 3. The van der Waals surface area contributed by atoms with Crippen LogP contribution in [0.25, 0.3) is 0 Å². The van der Waals surface area contributed by atoms with Crippen molar-refractivity contribution in [2.75, 3.05) is 13.1 Å². The summed E-state index contributed by atoms with van der Waals surface area (Å²) in [5, 5.41) is 0. The van der Waals surface area contributed by atoms with Crippen molar-refractivity contribution in [3.63, 3.8) is 0 Å². The molecule has 1 aliphatic heterocycles. The summed E-state index contributed by atoms with van der Waals surface area (Å²) in [6, 6.07) is 5.12. The van der Waals surface area contributed by atoms with Gasteiger partial charge < -0.3 is 0 Å². The highest BCUT2D eigenvalue weighted by molar-refractivity contribution is 9.11.